The molecule has 3 N–H and O–H groups in total. The van der Waals surface area contributed by atoms with Crippen LogP contribution in [0.4, 0.5) is 36.4 Å². The van der Waals surface area contributed by atoms with Gasteiger partial charge in [0, 0.05) is 29.7 Å². The zero-order valence-corrected chi connectivity index (χ0v) is 20.7. The van der Waals surface area contributed by atoms with Crippen LogP contribution in [0.15, 0.2) is 55.0 Å². The molecule has 0 saturated heterocycles. The summed E-state index contributed by atoms with van der Waals surface area (Å²) in [6, 6.07) is 11.1. The minimum Gasteiger partial charge on any atom is -0.493 e. The summed E-state index contributed by atoms with van der Waals surface area (Å²) in [5, 5.41) is 18.3. The summed E-state index contributed by atoms with van der Waals surface area (Å²) in [5.74, 6) is 0.408. The Morgan fingerprint density at radius 1 is 1.03 bits per heavy atom. The Morgan fingerprint density at radius 2 is 1.74 bits per heavy atom. The zero-order valence-electron chi connectivity index (χ0n) is 20.7. The molecule has 3 aromatic heterocycles. The number of carbonyl (C=O) groups is 1. The number of hydrogen-bond donors (Lipinski definition) is 3. The summed E-state index contributed by atoms with van der Waals surface area (Å²) < 4.78 is 44.2. The average Bonchev–Trinajstić information content (AvgIpc) is 3.17. The normalized spacial score (nSPS) is 10.7. The van der Waals surface area contributed by atoms with Crippen molar-refractivity contribution in [2.75, 3.05) is 24.9 Å². The summed E-state index contributed by atoms with van der Waals surface area (Å²) in [4.78, 5) is 22.0. The number of rotatable bonds is 7. The second-order valence-electron chi connectivity index (χ2n) is 7.57. The Hall–Kier alpha value is -4.88. The quantitative estimate of drug-likeness (QED) is 0.305. The summed E-state index contributed by atoms with van der Waals surface area (Å²) in [6.07, 6.45) is 0.100. The van der Waals surface area contributed by atoms with Gasteiger partial charge in [0.2, 0.25) is 5.95 Å². The molecular formula is C24H24F3N7O4. The van der Waals surface area contributed by atoms with E-state index in [9.17, 15) is 13.2 Å². The van der Waals surface area contributed by atoms with Crippen molar-refractivity contribution in [3.05, 3.63) is 66.2 Å². The lowest BCUT2D eigenvalue weighted by Crippen LogP contribution is -2.21. The first-order valence-corrected chi connectivity index (χ1v) is 10.9. The van der Waals surface area contributed by atoms with Crippen LogP contribution in [0.1, 0.15) is 11.3 Å². The summed E-state index contributed by atoms with van der Waals surface area (Å²) >= 11 is 0. The van der Waals surface area contributed by atoms with Crippen molar-refractivity contribution >= 4 is 29.2 Å². The molecule has 4 aromatic rings. The van der Waals surface area contributed by atoms with Crippen molar-refractivity contribution in [3.8, 4) is 17.2 Å². The van der Waals surface area contributed by atoms with E-state index in [2.05, 4.69) is 30.7 Å². The van der Waals surface area contributed by atoms with Gasteiger partial charge < -0.3 is 25.2 Å². The standard InChI is InChI=1S/C22H23N7O2.C2HF3O2/c1-14-15(2)28-29(17-6-5-10-23-13-17)21(14)26-20-9-11-24-22(27-20)25-16-7-8-18(30-3)19(12-16)31-4;3-2(4,5)1(6)7/h5-13H,1-4H3,(H2,24,25,26,27);(H,6,7). The number of aromatic nitrogens is 5. The highest BCUT2D eigenvalue weighted by Gasteiger charge is 2.38. The van der Waals surface area contributed by atoms with Crippen LogP contribution in [0.25, 0.3) is 5.69 Å². The Bertz CT molecular complexity index is 1400. The number of methoxy groups -OCH3 is 2. The summed E-state index contributed by atoms with van der Waals surface area (Å²) in [5.41, 5.74) is 3.59. The van der Waals surface area contributed by atoms with Crippen molar-refractivity contribution in [2.45, 2.75) is 20.0 Å². The van der Waals surface area contributed by atoms with Crippen molar-refractivity contribution in [1.82, 2.24) is 24.7 Å². The lowest BCUT2D eigenvalue weighted by atomic mass is 10.2. The van der Waals surface area contributed by atoms with Crippen LogP contribution in [-0.4, -0.2) is 56.2 Å². The first-order valence-electron chi connectivity index (χ1n) is 10.9. The van der Waals surface area contributed by atoms with Gasteiger partial charge in [-0.3, -0.25) is 4.98 Å². The highest BCUT2D eigenvalue weighted by atomic mass is 19.4. The number of aliphatic carboxylic acids is 1. The smallest absolute Gasteiger partial charge is 0.490 e. The summed E-state index contributed by atoms with van der Waals surface area (Å²) in [7, 11) is 3.20. The Kier molecular flexibility index (Phi) is 8.68. The predicted molar refractivity (Wildman–Crippen MR) is 133 cm³/mol. The van der Waals surface area contributed by atoms with Crippen molar-refractivity contribution in [3.63, 3.8) is 0 Å². The number of ether oxygens (including phenoxy) is 2. The predicted octanol–water partition coefficient (Wildman–Crippen LogP) is 4.81. The molecule has 0 fully saturated rings. The van der Waals surface area contributed by atoms with Gasteiger partial charge in [-0.15, -0.1) is 0 Å². The number of nitrogens with one attached hydrogen (secondary N) is 2. The van der Waals surface area contributed by atoms with Gasteiger partial charge in [0.1, 0.15) is 11.6 Å². The molecule has 3 heterocycles. The van der Waals surface area contributed by atoms with Gasteiger partial charge in [-0.1, -0.05) is 0 Å². The number of aryl methyl sites for hydroxylation is 1. The van der Waals surface area contributed by atoms with Crippen molar-refractivity contribution in [1.29, 1.82) is 0 Å². The first-order chi connectivity index (χ1) is 18.0. The molecule has 200 valence electrons. The third-order valence-corrected chi connectivity index (χ3v) is 5.03. The fourth-order valence-corrected chi connectivity index (χ4v) is 3.07. The largest absolute Gasteiger partial charge is 0.493 e. The number of anilines is 4. The maximum absolute atomic E-state index is 10.6. The molecule has 4 rings (SSSR count). The second kappa shape index (κ2) is 11.9. The lowest BCUT2D eigenvalue weighted by Gasteiger charge is -2.12. The molecule has 0 saturated carbocycles. The fraction of sp³-hybridized carbons (Fsp3) is 0.208. The van der Waals surface area contributed by atoms with E-state index in [4.69, 9.17) is 19.4 Å². The van der Waals surface area contributed by atoms with Gasteiger partial charge >= 0.3 is 12.1 Å². The number of carboxylic acid groups (broad SMARTS) is 1. The van der Waals surface area contributed by atoms with Gasteiger partial charge in [0.15, 0.2) is 11.5 Å². The number of carboxylic acids is 1. The molecule has 38 heavy (non-hydrogen) atoms. The van der Waals surface area contributed by atoms with E-state index in [0.29, 0.717) is 23.3 Å². The maximum atomic E-state index is 10.6. The molecule has 0 spiro atoms. The van der Waals surface area contributed by atoms with Crippen LogP contribution in [0, 0.1) is 13.8 Å². The number of pyridine rings is 1. The van der Waals surface area contributed by atoms with Gasteiger partial charge in [0.25, 0.3) is 0 Å². The molecule has 11 nitrogen and oxygen atoms in total. The SMILES string of the molecule is COc1ccc(Nc2nccc(Nc3c(C)c(C)nn3-c3cccnc3)n2)cc1OC.O=C(O)C(F)(F)F. The highest BCUT2D eigenvalue weighted by molar-refractivity contribution is 5.73. The molecule has 0 atom stereocenters. The van der Waals surface area contributed by atoms with Gasteiger partial charge in [-0.25, -0.2) is 14.5 Å². The molecule has 0 aliphatic heterocycles. The Balaban J connectivity index is 0.000000505. The molecular weight excluding hydrogens is 507 g/mol. The third-order valence-electron chi connectivity index (χ3n) is 5.03. The van der Waals surface area contributed by atoms with Crippen LogP contribution in [0.3, 0.4) is 0 Å². The highest BCUT2D eigenvalue weighted by Crippen LogP contribution is 2.31. The van der Waals surface area contributed by atoms with Crippen LogP contribution in [-0.2, 0) is 4.79 Å². The molecule has 14 heteroatoms. The third kappa shape index (κ3) is 6.87. The minimum absolute atomic E-state index is 0.444. The summed E-state index contributed by atoms with van der Waals surface area (Å²) in [6.45, 7) is 3.99. The molecule has 0 radical (unpaired) electrons. The zero-order chi connectivity index (χ0) is 27.9. The van der Waals surface area contributed by atoms with E-state index in [1.165, 1.54) is 0 Å². The maximum Gasteiger partial charge on any atom is 0.490 e. The Morgan fingerprint density at radius 3 is 2.34 bits per heavy atom. The van der Waals surface area contributed by atoms with Crippen molar-refractivity contribution < 1.29 is 32.5 Å². The average molecular weight is 531 g/mol. The molecule has 0 unspecified atom stereocenters. The first kappa shape index (κ1) is 27.7. The molecule has 0 bridgehead atoms. The molecule has 1 aromatic carbocycles. The number of nitrogens with zero attached hydrogens (tertiary/aromatic N) is 5. The van der Waals surface area contributed by atoms with Gasteiger partial charge in [-0.2, -0.15) is 23.3 Å². The van der Waals surface area contributed by atoms with E-state index in [-0.39, 0.29) is 0 Å². The second-order valence-corrected chi connectivity index (χ2v) is 7.57. The van der Waals surface area contributed by atoms with Crippen molar-refractivity contribution in [2.24, 2.45) is 0 Å². The number of hydrogen-bond acceptors (Lipinski definition) is 9. The molecule has 0 aliphatic carbocycles. The van der Waals surface area contributed by atoms with E-state index < -0.39 is 12.1 Å². The topological polar surface area (TPSA) is 136 Å². The monoisotopic (exact) mass is 531 g/mol. The minimum atomic E-state index is -5.08. The lowest BCUT2D eigenvalue weighted by molar-refractivity contribution is -0.192. The Labute approximate surface area is 215 Å². The van der Waals surface area contributed by atoms with Gasteiger partial charge in [-0.05, 0) is 44.2 Å². The van der Waals surface area contributed by atoms with E-state index >= 15 is 0 Å². The number of alkyl halides is 3. The van der Waals surface area contributed by atoms with E-state index in [0.717, 1.165) is 28.5 Å². The van der Waals surface area contributed by atoms with Crippen LogP contribution in [0.2, 0.25) is 0 Å². The number of halogens is 3. The number of benzene rings is 1. The van der Waals surface area contributed by atoms with Crippen LogP contribution >= 0.6 is 0 Å². The van der Waals surface area contributed by atoms with E-state index in [1.54, 1.807) is 38.9 Å². The molecule has 0 aliphatic rings. The van der Waals surface area contributed by atoms with Crippen LogP contribution < -0.4 is 20.1 Å². The van der Waals surface area contributed by atoms with Crippen LogP contribution in [0.5, 0.6) is 11.5 Å². The molecule has 0 amide bonds. The van der Waals surface area contributed by atoms with Gasteiger partial charge in [0.05, 0.1) is 31.8 Å². The fourth-order valence-electron chi connectivity index (χ4n) is 3.07. The van der Waals surface area contributed by atoms with E-state index in [1.807, 2.05) is 48.9 Å².